The zero-order chi connectivity index (χ0) is 24.8. The number of fused-ring (bicyclic) bond motifs is 3. The quantitative estimate of drug-likeness (QED) is 0.433. The van der Waals surface area contributed by atoms with Gasteiger partial charge in [0.15, 0.2) is 0 Å². The lowest BCUT2D eigenvalue weighted by atomic mass is 9.98. The molecule has 186 valence electrons. The third kappa shape index (κ3) is 6.41. The summed E-state index contributed by atoms with van der Waals surface area (Å²) in [5.41, 5.74) is 4.73. The molecular formula is C28H34N2O5. The van der Waals surface area contributed by atoms with Crippen molar-refractivity contribution in [1.82, 2.24) is 10.2 Å². The Morgan fingerprint density at radius 2 is 1.66 bits per heavy atom. The molecule has 1 unspecified atom stereocenters. The van der Waals surface area contributed by atoms with Crippen LogP contribution in [0.4, 0.5) is 4.79 Å². The van der Waals surface area contributed by atoms with Gasteiger partial charge in [-0.25, -0.2) is 4.79 Å². The van der Waals surface area contributed by atoms with Crippen LogP contribution in [0.2, 0.25) is 0 Å². The van der Waals surface area contributed by atoms with Crippen molar-refractivity contribution in [2.45, 2.75) is 44.4 Å². The standard InChI is InChI=1S/C28H34N2O5/c1-30(15-7-6-12-27(32)33)26(31)16-20(19-13-14-19)17-29-28(34)35-18-25-23-10-4-2-8-21(23)22-9-3-5-11-24(22)25/h2-5,8-11,19-20,25H,6-7,12-18H2,1H3,(H,29,34)(H,32,33). The molecule has 7 nitrogen and oxygen atoms in total. The van der Waals surface area contributed by atoms with Gasteiger partial charge in [-0.1, -0.05) is 48.5 Å². The predicted molar refractivity (Wildman–Crippen MR) is 133 cm³/mol. The van der Waals surface area contributed by atoms with E-state index in [1.165, 1.54) is 22.3 Å². The Kier molecular flexibility index (Phi) is 8.06. The Hall–Kier alpha value is -3.35. The summed E-state index contributed by atoms with van der Waals surface area (Å²) in [7, 11) is 1.76. The van der Waals surface area contributed by atoms with E-state index in [4.69, 9.17) is 9.84 Å². The van der Waals surface area contributed by atoms with Gasteiger partial charge < -0.3 is 20.1 Å². The van der Waals surface area contributed by atoms with Gasteiger partial charge in [0.25, 0.3) is 0 Å². The van der Waals surface area contributed by atoms with Crippen LogP contribution < -0.4 is 5.32 Å². The summed E-state index contributed by atoms with van der Waals surface area (Å²) in [5, 5.41) is 11.6. The van der Waals surface area contributed by atoms with Gasteiger partial charge in [-0.15, -0.1) is 0 Å². The number of carboxylic acid groups (broad SMARTS) is 1. The normalized spacial score (nSPS) is 15.1. The summed E-state index contributed by atoms with van der Waals surface area (Å²) >= 11 is 0. The Balaban J connectivity index is 1.25. The molecule has 4 rings (SSSR count). The average Bonchev–Trinajstić information content (AvgIpc) is 3.65. The molecule has 0 radical (unpaired) electrons. The molecule has 1 saturated carbocycles. The molecule has 2 aliphatic carbocycles. The van der Waals surface area contributed by atoms with Crippen LogP contribution in [0.3, 0.4) is 0 Å². The zero-order valence-corrected chi connectivity index (χ0v) is 20.2. The average molecular weight is 479 g/mol. The predicted octanol–water partition coefficient (Wildman–Crippen LogP) is 4.65. The summed E-state index contributed by atoms with van der Waals surface area (Å²) in [4.78, 5) is 37.5. The summed E-state index contributed by atoms with van der Waals surface area (Å²) in [6.07, 6.45) is 3.43. The van der Waals surface area contributed by atoms with Crippen molar-refractivity contribution in [3.63, 3.8) is 0 Å². The maximum absolute atomic E-state index is 12.7. The molecule has 0 bridgehead atoms. The molecule has 35 heavy (non-hydrogen) atoms. The molecule has 2 N–H and O–H groups in total. The number of amides is 2. The van der Waals surface area contributed by atoms with Gasteiger partial charge in [0.1, 0.15) is 6.61 Å². The minimum Gasteiger partial charge on any atom is -0.481 e. The van der Waals surface area contributed by atoms with Crippen LogP contribution in [0.25, 0.3) is 11.1 Å². The van der Waals surface area contributed by atoms with Crippen LogP contribution in [0.5, 0.6) is 0 Å². The number of alkyl carbamates (subject to hydrolysis) is 1. The summed E-state index contributed by atoms with van der Waals surface area (Å²) in [5.74, 6) is -0.222. The smallest absolute Gasteiger partial charge is 0.407 e. The van der Waals surface area contributed by atoms with E-state index in [0.717, 1.165) is 12.8 Å². The molecule has 1 atom stereocenters. The zero-order valence-electron chi connectivity index (χ0n) is 20.2. The lowest BCUT2D eigenvalue weighted by Gasteiger charge is -2.22. The van der Waals surface area contributed by atoms with Gasteiger partial charge in [-0.3, -0.25) is 9.59 Å². The van der Waals surface area contributed by atoms with Crippen LogP contribution in [0.1, 0.15) is 55.6 Å². The number of carbonyl (C=O) groups is 3. The van der Waals surface area contributed by atoms with Crippen molar-refractivity contribution < 1.29 is 24.2 Å². The maximum atomic E-state index is 12.7. The fourth-order valence-electron chi connectivity index (χ4n) is 4.97. The van der Waals surface area contributed by atoms with Crippen LogP contribution in [-0.2, 0) is 14.3 Å². The molecule has 0 aromatic heterocycles. The van der Waals surface area contributed by atoms with E-state index >= 15 is 0 Å². The number of ether oxygens (including phenoxy) is 1. The Morgan fingerprint density at radius 1 is 1.03 bits per heavy atom. The van der Waals surface area contributed by atoms with Crippen molar-refractivity contribution in [2.75, 3.05) is 26.7 Å². The van der Waals surface area contributed by atoms with Gasteiger partial charge in [0, 0.05) is 38.9 Å². The number of nitrogens with zero attached hydrogens (tertiary/aromatic N) is 1. The van der Waals surface area contributed by atoms with Crippen LogP contribution in [-0.4, -0.2) is 54.7 Å². The molecule has 2 amide bonds. The Labute approximate surface area is 206 Å². The van der Waals surface area contributed by atoms with E-state index in [9.17, 15) is 14.4 Å². The SMILES string of the molecule is CN(CCCCC(=O)O)C(=O)CC(CNC(=O)OCC1c2ccccc2-c2ccccc21)C1CC1. The van der Waals surface area contributed by atoms with Crippen molar-refractivity contribution in [1.29, 1.82) is 0 Å². The number of nitrogens with one attached hydrogen (secondary N) is 1. The number of aliphatic carboxylic acids is 1. The van der Waals surface area contributed by atoms with E-state index in [2.05, 4.69) is 29.6 Å². The van der Waals surface area contributed by atoms with Gasteiger partial charge in [-0.2, -0.15) is 0 Å². The fraction of sp³-hybridized carbons (Fsp3) is 0.464. The van der Waals surface area contributed by atoms with E-state index in [0.29, 0.717) is 38.3 Å². The fourth-order valence-corrected chi connectivity index (χ4v) is 4.97. The lowest BCUT2D eigenvalue weighted by Crippen LogP contribution is -2.35. The number of carbonyl (C=O) groups excluding carboxylic acids is 2. The summed E-state index contributed by atoms with van der Waals surface area (Å²) in [6, 6.07) is 16.5. The van der Waals surface area contributed by atoms with E-state index in [1.54, 1.807) is 11.9 Å². The number of carboxylic acids is 1. The van der Waals surface area contributed by atoms with E-state index in [1.807, 2.05) is 24.3 Å². The molecule has 2 aromatic carbocycles. The largest absolute Gasteiger partial charge is 0.481 e. The molecular weight excluding hydrogens is 444 g/mol. The first kappa shape index (κ1) is 24.8. The topological polar surface area (TPSA) is 95.9 Å². The minimum absolute atomic E-state index is 0.0173. The molecule has 1 fully saturated rings. The lowest BCUT2D eigenvalue weighted by molar-refractivity contribution is -0.137. The Morgan fingerprint density at radius 3 is 2.26 bits per heavy atom. The second-order valence-corrected chi connectivity index (χ2v) is 9.67. The highest BCUT2D eigenvalue weighted by atomic mass is 16.5. The number of hydrogen-bond acceptors (Lipinski definition) is 4. The van der Waals surface area contributed by atoms with Crippen LogP contribution >= 0.6 is 0 Å². The molecule has 2 aliphatic rings. The Bertz CT molecular complexity index is 1020. The monoisotopic (exact) mass is 478 g/mol. The van der Waals surface area contributed by atoms with Crippen molar-refractivity contribution in [2.24, 2.45) is 11.8 Å². The number of benzene rings is 2. The van der Waals surface area contributed by atoms with Gasteiger partial charge in [0.05, 0.1) is 0 Å². The van der Waals surface area contributed by atoms with Crippen molar-refractivity contribution in [3.05, 3.63) is 59.7 Å². The number of rotatable bonds is 12. The van der Waals surface area contributed by atoms with Gasteiger partial charge in [0.2, 0.25) is 5.91 Å². The third-order valence-corrected chi connectivity index (χ3v) is 7.14. The molecule has 2 aromatic rings. The minimum atomic E-state index is -0.813. The summed E-state index contributed by atoms with van der Waals surface area (Å²) < 4.78 is 5.63. The molecule has 7 heteroatoms. The van der Waals surface area contributed by atoms with Gasteiger partial charge >= 0.3 is 12.1 Å². The van der Waals surface area contributed by atoms with Crippen molar-refractivity contribution in [3.8, 4) is 11.1 Å². The third-order valence-electron chi connectivity index (χ3n) is 7.14. The highest BCUT2D eigenvalue weighted by Gasteiger charge is 2.34. The first-order chi connectivity index (χ1) is 16.9. The van der Waals surface area contributed by atoms with E-state index in [-0.39, 0.29) is 30.8 Å². The molecule has 0 saturated heterocycles. The van der Waals surface area contributed by atoms with Crippen LogP contribution in [0, 0.1) is 11.8 Å². The first-order valence-electron chi connectivity index (χ1n) is 12.5. The molecule has 0 heterocycles. The second kappa shape index (κ2) is 11.4. The number of hydrogen-bond donors (Lipinski definition) is 2. The maximum Gasteiger partial charge on any atom is 0.407 e. The first-order valence-corrected chi connectivity index (χ1v) is 12.5. The summed E-state index contributed by atoms with van der Waals surface area (Å²) in [6.45, 7) is 1.23. The van der Waals surface area contributed by atoms with Crippen LogP contribution in [0.15, 0.2) is 48.5 Å². The second-order valence-electron chi connectivity index (χ2n) is 9.67. The van der Waals surface area contributed by atoms with Crippen molar-refractivity contribution >= 4 is 18.0 Å². The van der Waals surface area contributed by atoms with Gasteiger partial charge in [-0.05, 0) is 59.8 Å². The molecule has 0 spiro atoms. The molecule has 0 aliphatic heterocycles. The highest BCUT2D eigenvalue weighted by molar-refractivity contribution is 5.79. The highest BCUT2D eigenvalue weighted by Crippen LogP contribution is 2.44. The van der Waals surface area contributed by atoms with E-state index < -0.39 is 12.1 Å². The number of unbranched alkanes of at least 4 members (excludes halogenated alkanes) is 1.